The number of thiocarbonyl (C=S) groups is 1. The van der Waals surface area contributed by atoms with Gasteiger partial charge in [-0.05, 0) is 83.3 Å². The van der Waals surface area contributed by atoms with Crippen molar-refractivity contribution in [2.45, 2.75) is 59.9 Å². The molecule has 0 aromatic heterocycles. The third-order valence-electron chi connectivity index (χ3n) is 3.18. The summed E-state index contributed by atoms with van der Waals surface area (Å²) in [5, 5.41) is 6.40. The van der Waals surface area contributed by atoms with E-state index in [-0.39, 0.29) is 18.4 Å². The van der Waals surface area contributed by atoms with Gasteiger partial charge in [-0.3, -0.25) is 9.65 Å². The minimum absolute atomic E-state index is 0.0967. The van der Waals surface area contributed by atoms with Gasteiger partial charge in [0.25, 0.3) is 6.64 Å². The van der Waals surface area contributed by atoms with Gasteiger partial charge in [0.15, 0.2) is 5.11 Å². The highest BCUT2D eigenvalue weighted by atomic mass is 32.5. The van der Waals surface area contributed by atoms with Crippen LogP contribution in [-0.4, -0.2) is 30.5 Å². The van der Waals surface area contributed by atoms with Crippen LogP contribution in [0.1, 0.15) is 47.1 Å². The molecule has 0 saturated carbocycles. The molecule has 29 heavy (non-hydrogen) atoms. The third-order valence-corrected chi connectivity index (χ3v) is 8.27. The molecule has 0 amide bonds. The molecule has 166 valence electrons. The lowest BCUT2D eigenvalue weighted by Gasteiger charge is -2.27. The average Bonchev–Trinajstić information content (AvgIpc) is 2.54. The third kappa shape index (κ3) is 10.5. The Morgan fingerprint density at radius 3 is 1.90 bits per heavy atom. The van der Waals surface area contributed by atoms with Crippen LogP contribution in [0.5, 0.6) is 0 Å². The fraction of sp³-hybridized carbons (Fsp3) is 0.611. The summed E-state index contributed by atoms with van der Waals surface area (Å²) < 4.78 is 34.9. The number of benzene rings is 1. The number of hydrogen-bond donors (Lipinski definition) is 2. The zero-order valence-electron chi connectivity index (χ0n) is 17.8. The van der Waals surface area contributed by atoms with Crippen molar-refractivity contribution in [1.82, 2.24) is 5.09 Å². The normalized spacial score (nSPS) is 12.4. The number of rotatable bonds is 12. The molecule has 1 rings (SSSR count). The van der Waals surface area contributed by atoms with Gasteiger partial charge in [-0.25, -0.2) is 0 Å². The van der Waals surface area contributed by atoms with Crippen LogP contribution in [0.25, 0.3) is 0 Å². The molecule has 2 N–H and O–H groups in total. The van der Waals surface area contributed by atoms with Crippen molar-refractivity contribution in [3.8, 4) is 0 Å². The Morgan fingerprint density at radius 2 is 1.48 bits per heavy atom. The second-order valence-electron chi connectivity index (χ2n) is 6.67. The first-order valence-electron chi connectivity index (χ1n) is 9.54. The predicted molar refractivity (Wildman–Crippen MR) is 127 cm³/mol. The Kier molecular flexibility index (Phi) is 11.5. The quantitative estimate of drug-likeness (QED) is 0.283. The highest BCUT2D eigenvalue weighted by molar-refractivity contribution is 8.09. The van der Waals surface area contributed by atoms with E-state index in [1.54, 1.807) is 13.8 Å². The average molecular weight is 483 g/mol. The monoisotopic (exact) mass is 482 g/mol. The number of hydrogen-bond acceptors (Lipinski definition) is 7. The van der Waals surface area contributed by atoms with Crippen LogP contribution in [0.4, 0.5) is 5.69 Å². The molecule has 0 unspecified atom stereocenters. The van der Waals surface area contributed by atoms with E-state index in [1.165, 1.54) is 0 Å². The summed E-state index contributed by atoms with van der Waals surface area (Å²) in [5.74, 6) is 0. The minimum Gasteiger partial charge on any atom is -0.332 e. The van der Waals surface area contributed by atoms with Crippen LogP contribution < -0.4 is 10.4 Å². The van der Waals surface area contributed by atoms with Gasteiger partial charge in [0.05, 0.1) is 31.6 Å². The molecule has 0 spiro atoms. The molecule has 0 fully saturated rings. The van der Waals surface area contributed by atoms with Gasteiger partial charge < -0.3 is 23.4 Å². The molecule has 0 saturated heterocycles. The Balaban J connectivity index is 2.77. The smallest absolute Gasteiger partial charge is 0.332 e. The van der Waals surface area contributed by atoms with Crippen molar-refractivity contribution in [1.29, 1.82) is 0 Å². The molecular weight excluding hydrogens is 450 g/mol. The van der Waals surface area contributed by atoms with E-state index < -0.39 is 14.2 Å². The van der Waals surface area contributed by atoms with E-state index in [0.717, 1.165) is 11.3 Å². The van der Waals surface area contributed by atoms with Gasteiger partial charge in [-0.15, -0.1) is 0 Å². The highest BCUT2D eigenvalue weighted by Crippen LogP contribution is 2.51. The summed E-state index contributed by atoms with van der Waals surface area (Å²) >= 11 is 10.9. The van der Waals surface area contributed by atoms with E-state index in [9.17, 15) is 4.57 Å². The Morgan fingerprint density at radius 1 is 1.00 bits per heavy atom. The maximum atomic E-state index is 12.7. The summed E-state index contributed by atoms with van der Waals surface area (Å²) in [4.78, 5) is 0. The van der Waals surface area contributed by atoms with Crippen molar-refractivity contribution >= 4 is 49.1 Å². The minimum atomic E-state index is -3.14. The molecule has 11 heteroatoms. The summed E-state index contributed by atoms with van der Waals surface area (Å²) in [6.45, 7) is 9.06. The lowest BCUT2D eigenvalue weighted by atomic mass is 10.2. The molecule has 0 aliphatic rings. The SMILES string of the molecule is CCOP(=O)(Cc1ccc(NC(=S)NP(=S)(OC(C)C)OC(C)C)cc1)OCC. The van der Waals surface area contributed by atoms with E-state index in [2.05, 4.69) is 10.4 Å². The van der Waals surface area contributed by atoms with E-state index in [1.807, 2.05) is 52.0 Å². The summed E-state index contributed by atoms with van der Waals surface area (Å²) in [6.07, 6.45) is 0.0178. The molecule has 0 radical (unpaired) electrons. The largest absolute Gasteiger partial charge is 0.335 e. The molecule has 0 heterocycles. The Labute approximate surface area is 185 Å². The summed E-state index contributed by atoms with van der Waals surface area (Å²) in [7, 11) is -3.14. The van der Waals surface area contributed by atoms with Gasteiger partial charge in [0.2, 0.25) is 0 Å². The first-order chi connectivity index (χ1) is 13.5. The Bertz CT molecular complexity index is 720. The van der Waals surface area contributed by atoms with Gasteiger partial charge in [0, 0.05) is 5.69 Å². The van der Waals surface area contributed by atoms with Crippen molar-refractivity contribution < 1.29 is 22.7 Å². The van der Waals surface area contributed by atoms with E-state index in [4.69, 9.17) is 42.1 Å². The number of anilines is 1. The molecule has 0 aliphatic carbocycles. The molecule has 0 atom stereocenters. The van der Waals surface area contributed by atoms with Gasteiger partial charge in [-0.1, -0.05) is 12.1 Å². The fourth-order valence-electron chi connectivity index (χ4n) is 2.36. The number of nitrogens with one attached hydrogen (secondary N) is 2. The molecular formula is C18H32N2O5P2S2. The highest BCUT2D eigenvalue weighted by Gasteiger charge is 2.25. The van der Waals surface area contributed by atoms with Crippen LogP contribution in [0.2, 0.25) is 0 Å². The van der Waals surface area contributed by atoms with E-state index in [0.29, 0.717) is 18.3 Å². The summed E-state index contributed by atoms with van der Waals surface area (Å²) in [5.41, 5.74) is 1.60. The molecule has 1 aromatic rings. The van der Waals surface area contributed by atoms with E-state index >= 15 is 0 Å². The van der Waals surface area contributed by atoms with Gasteiger partial charge >= 0.3 is 7.60 Å². The maximum absolute atomic E-state index is 12.7. The fourth-order valence-corrected chi connectivity index (χ4v) is 7.59. The van der Waals surface area contributed by atoms with Crippen molar-refractivity contribution in [2.24, 2.45) is 0 Å². The lowest BCUT2D eigenvalue weighted by Crippen LogP contribution is -2.29. The topological polar surface area (TPSA) is 78.1 Å². The second kappa shape index (κ2) is 12.5. The first-order valence-corrected chi connectivity index (χ1v) is 14.3. The molecule has 0 aliphatic heterocycles. The van der Waals surface area contributed by atoms with Crippen LogP contribution in [0.15, 0.2) is 24.3 Å². The van der Waals surface area contributed by atoms with Crippen LogP contribution in [-0.2, 0) is 40.6 Å². The van der Waals surface area contributed by atoms with Crippen LogP contribution in [0.3, 0.4) is 0 Å². The molecule has 7 nitrogen and oxygen atoms in total. The van der Waals surface area contributed by atoms with Crippen LogP contribution >= 0.6 is 26.5 Å². The lowest BCUT2D eigenvalue weighted by molar-refractivity contribution is 0.172. The van der Waals surface area contributed by atoms with Crippen molar-refractivity contribution in [3.05, 3.63) is 29.8 Å². The standard InChI is InChI=1S/C18H32N2O5P2S2/c1-7-22-26(21,23-8-2)13-16-9-11-17(12-10-16)19-18(28)20-27(29,24-14(3)4)25-15(5)6/h9-12,14-15H,7-8,13H2,1-6H3,(H2,19,20,28,29). The summed E-state index contributed by atoms with van der Waals surface area (Å²) in [6, 6.07) is 7.37. The van der Waals surface area contributed by atoms with Crippen LogP contribution in [0, 0.1) is 0 Å². The second-order valence-corrected chi connectivity index (χ2v) is 12.2. The van der Waals surface area contributed by atoms with Crippen molar-refractivity contribution in [2.75, 3.05) is 18.5 Å². The van der Waals surface area contributed by atoms with Crippen molar-refractivity contribution in [3.63, 3.8) is 0 Å². The zero-order valence-corrected chi connectivity index (χ0v) is 21.3. The van der Waals surface area contributed by atoms with Gasteiger partial charge in [0.1, 0.15) is 0 Å². The maximum Gasteiger partial charge on any atom is 0.335 e. The Hall–Kier alpha value is -0.370. The predicted octanol–water partition coefficient (Wildman–Crippen LogP) is 5.81. The molecule has 1 aromatic carbocycles. The first kappa shape index (κ1) is 26.7. The zero-order chi connectivity index (χ0) is 22.1. The van der Waals surface area contributed by atoms with Gasteiger partial charge in [-0.2, -0.15) is 0 Å². The molecule has 0 bridgehead atoms.